The number of carbonyl (C=O) groups excluding carboxylic acids is 2. The fraction of sp³-hybridized carbons (Fsp3) is 0.250. The Labute approximate surface area is 171 Å². The van der Waals surface area contributed by atoms with Crippen LogP contribution in [0.15, 0.2) is 36.4 Å². The number of ether oxygens (including phenoxy) is 1. The highest BCUT2D eigenvalue weighted by molar-refractivity contribution is 6.02. The number of aliphatic hydroxyl groups excluding tert-OH is 1. The molecule has 0 radical (unpaired) electrons. The molecule has 1 aliphatic rings. The lowest BCUT2D eigenvalue weighted by Gasteiger charge is -2.15. The lowest BCUT2D eigenvalue weighted by molar-refractivity contribution is -0.121. The van der Waals surface area contributed by atoms with Crippen molar-refractivity contribution < 1.29 is 33.7 Å². The summed E-state index contributed by atoms with van der Waals surface area (Å²) < 4.78 is 19.4. The molecule has 0 unspecified atom stereocenters. The summed E-state index contributed by atoms with van der Waals surface area (Å²) in [6, 6.07) is 9.27. The van der Waals surface area contributed by atoms with Gasteiger partial charge in [-0.2, -0.15) is 0 Å². The van der Waals surface area contributed by atoms with E-state index in [1.54, 1.807) is 23.5 Å². The van der Waals surface area contributed by atoms with Gasteiger partial charge in [0.15, 0.2) is 0 Å². The van der Waals surface area contributed by atoms with Gasteiger partial charge in [-0.1, -0.05) is 6.07 Å². The van der Waals surface area contributed by atoms with Crippen molar-refractivity contribution in [3.05, 3.63) is 58.9 Å². The second-order valence-corrected chi connectivity index (χ2v) is 6.53. The maximum Gasteiger partial charge on any atom is 0.411 e. The van der Waals surface area contributed by atoms with Gasteiger partial charge in [0.25, 0.3) is 5.91 Å². The van der Waals surface area contributed by atoms with Crippen molar-refractivity contribution >= 4 is 23.6 Å². The van der Waals surface area contributed by atoms with Gasteiger partial charge in [-0.3, -0.25) is 14.9 Å². The molecule has 30 heavy (non-hydrogen) atoms. The molecule has 3 rings (SSSR count). The first-order valence-electron chi connectivity index (χ1n) is 9.09. The summed E-state index contributed by atoms with van der Waals surface area (Å²) in [6.45, 7) is -0.217. The number of fused-ring (bicyclic) bond motifs is 1. The molecule has 0 atom stereocenters. The molecule has 0 aliphatic carbocycles. The summed E-state index contributed by atoms with van der Waals surface area (Å²) >= 11 is 0. The molecule has 0 saturated carbocycles. The predicted octanol–water partition coefficient (Wildman–Crippen LogP) is 1.56. The van der Waals surface area contributed by atoms with Crippen LogP contribution >= 0.6 is 0 Å². The van der Waals surface area contributed by atoms with Gasteiger partial charge in [-0.25, -0.2) is 9.18 Å². The summed E-state index contributed by atoms with van der Waals surface area (Å²) in [7, 11) is 0. The molecule has 3 amide bonds. The Kier molecular flexibility index (Phi) is 6.48. The first-order valence-corrected chi connectivity index (χ1v) is 9.09. The van der Waals surface area contributed by atoms with Crippen molar-refractivity contribution in [3.8, 4) is 5.75 Å². The van der Waals surface area contributed by atoms with Crippen LogP contribution < -0.4 is 15.4 Å². The Hall–Kier alpha value is -3.66. The maximum atomic E-state index is 14.1. The summed E-state index contributed by atoms with van der Waals surface area (Å²) in [6.07, 6.45) is -1.49. The third-order valence-corrected chi connectivity index (χ3v) is 4.47. The smallest absolute Gasteiger partial charge is 0.411 e. The fourth-order valence-electron chi connectivity index (χ4n) is 3.15. The largest absolute Gasteiger partial charge is 0.491 e. The number of halogens is 1. The Morgan fingerprint density at radius 2 is 2.03 bits per heavy atom. The highest BCUT2D eigenvalue weighted by Gasteiger charge is 2.30. The molecule has 2 aromatic carbocycles. The average Bonchev–Trinajstić information content (AvgIpc) is 3.02. The molecule has 1 aliphatic heterocycles. The van der Waals surface area contributed by atoms with Crippen LogP contribution in [-0.2, 0) is 17.9 Å². The first-order chi connectivity index (χ1) is 14.4. The van der Waals surface area contributed by atoms with Crippen molar-refractivity contribution in [1.82, 2.24) is 10.2 Å². The molecule has 9 nitrogen and oxygen atoms in total. The van der Waals surface area contributed by atoms with Crippen molar-refractivity contribution in [2.45, 2.75) is 13.1 Å². The van der Waals surface area contributed by atoms with Crippen LogP contribution in [0.4, 0.5) is 14.9 Å². The second kappa shape index (κ2) is 9.23. The minimum atomic E-state index is -1.49. The van der Waals surface area contributed by atoms with Gasteiger partial charge in [-0.05, 0) is 30.3 Å². The molecule has 0 aromatic heterocycles. The van der Waals surface area contributed by atoms with Gasteiger partial charge in [0.2, 0.25) is 5.91 Å². The third kappa shape index (κ3) is 4.84. The standard InChI is InChI=1S/C20H20FN3O6/c21-16-5-4-13(30-7-6-25)8-12(16)9-22-17-3-1-2-14-15(17)10-24(19(14)27)11-18(26)23-20(28)29/h1-5,8,22,25H,6-7,9-11H2,(H,23,26)(H,28,29). The van der Waals surface area contributed by atoms with Crippen LogP contribution in [0.25, 0.3) is 0 Å². The zero-order chi connectivity index (χ0) is 21.7. The molecule has 4 N–H and O–H groups in total. The summed E-state index contributed by atoms with van der Waals surface area (Å²) in [5.41, 5.74) is 1.97. The van der Waals surface area contributed by atoms with Gasteiger partial charge in [0.1, 0.15) is 24.7 Å². The van der Waals surface area contributed by atoms with Crippen molar-refractivity contribution in [2.24, 2.45) is 0 Å². The number of carboxylic acid groups (broad SMARTS) is 1. The molecule has 1 heterocycles. The van der Waals surface area contributed by atoms with E-state index in [4.69, 9.17) is 14.9 Å². The second-order valence-electron chi connectivity index (χ2n) is 6.53. The predicted molar refractivity (Wildman–Crippen MR) is 104 cm³/mol. The number of nitrogens with zero attached hydrogens (tertiary/aromatic N) is 1. The van der Waals surface area contributed by atoms with Gasteiger partial charge in [0, 0.05) is 35.5 Å². The minimum absolute atomic E-state index is 0.0953. The van der Waals surface area contributed by atoms with E-state index in [1.165, 1.54) is 23.1 Å². The van der Waals surface area contributed by atoms with Crippen LogP contribution in [-0.4, -0.2) is 52.8 Å². The minimum Gasteiger partial charge on any atom is -0.491 e. The molecular formula is C20H20FN3O6. The van der Waals surface area contributed by atoms with Crippen LogP contribution in [0, 0.1) is 5.82 Å². The summed E-state index contributed by atoms with van der Waals surface area (Å²) in [4.78, 5) is 36.0. The number of carbonyl (C=O) groups is 3. The zero-order valence-electron chi connectivity index (χ0n) is 15.9. The Balaban J connectivity index is 1.72. The average molecular weight is 417 g/mol. The van der Waals surface area contributed by atoms with E-state index in [-0.39, 0.29) is 32.2 Å². The maximum absolute atomic E-state index is 14.1. The number of benzene rings is 2. The number of nitrogens with one attached hydrogen (secondary N) is 2. The van der Waals surface area contributed by atoms with Gasteiger partial charge >= 0.3 is 6.09 Å². The molecule has 0 saturated heterocycles. The molecule has 0 fully saturated rings. The van der Waals surface area contributed by atoms with Crippen LogP contribution in [0.2, 0.25) is 0 Å². The number of imide groups is 1. The normalized spacial score (nSPS) is 12.5. The molecule has 10 heteroatoms. The van der Waals surface area contributed by atoms with Crippen molar-refractivity contribution in [2.75, 3.05) is 25.1 Å². The van der Waals surface area contributed by atoms with E-state index in [2.05, 4.69) is 5.32 Å². The molecular weight excluding hydrogens is 397 g/mol. The number of hydrogen-bond donors (Lipinski definition) is 4. The lowest BCUT2D eigenvalue weighted by atomic mass is 10.1. The number of hydrogen-bond acceptors (Lipinski definition) is 6. The monoisotopic (exact) mass is 417 g/mol. The van der Waals surface area contributed by atoms with E-state index >= 15 is 0 Å². The van der Waals surface area contributed by atoms with Crippen LogP contribution in [0.1, 0.15) is 21.5 Å². The van der Waals surface area contributed by atoms with E-state index in [0.717, 1.165) is 0 Å². The van der Waals surface area contributed by atoms with Gasteiger partial charge < -0.3 is 25.2 Å². The molecule has 2 aromatic rings. The molecule has 0 bridgehead atoms. The quantitative estimate of drug-likeness (QED) is 0.513. The Morgan fingerprint density at radius 1 is 1.23 bits per heavy atom. The summed E-state index contributed by atoms with van der Waals surface area (Å²) in [5.74, 6) is -1.21. The number of amides is 3. The van der Waals surface area contributed by atoms with Crippen molar-refractivity contribution in [1.29, 1.82) is 0 Å². The topological polar surface area (TPSA) is 128 Å². The molecule has 0 spiro atoms. The highest BCUT2D eigenvalue weighted by atomic mass is 19.1. The Morgan fingerprint density at radius 3 is 2.77 bits per heavy atom. The van der Waals surface area contributed by atoms with E-state index < -0.39 is 24.4 Å². The van der Waals surface area contributed by atoms with E-state index in [0.29, 0.717) is 28.1 Å². The zero-order valence-corrected chi connectivity index (χ0v) is 15.9. The van der Waals surface area contributed by atoms with Gasteiger partial charge in [-0.15, -0.1) is 0 Å². The number of rotatable bonds is 8. The van der Waals surface area contributed by atoms with Crippen LogP contribution in [0.5, 0.6) is 5.75 Å². The highest BCUT2D eigenvalue weighted by Crippen LogP contribution is 2.30. The fourth-order valence-corrected chi connectivity index (χ4v) is 3.15. The van der Waals surface area contributed by atoms with Crippen molar-refractivity contribution in [3.63, 3.8) is 0 Å². The third-order valence-electron chi connectivity index (χ3n) is 4.47. The summed E-state index contributed by atoms with van der Waals surface area (Å²) in [5, 5.41) is 22.2. The van der Waals surface area contributed by atoms with Gasteiger partial charge in [0.05, 0.1) is 6.61 Å². The number of anilines is 1. The van der Waals surface area contributed by atoms with E-state index in [9.17, 15) is 18.8 Å². The Bertz CT molecular complexity index is 981. The molecule has 158 valence electrons. The van der Waals surface area contributed by atoms with E-state index in [1.807, 2.05) is 0 Å². The lowest BCUT2D eigenvalue weighted by Crippen LogP contribution is -2.39. The first kappa shape index (κ1) is 21.1. The number of aliphatic hydroxyl groups is 1. The SMILES string of the molecule is O=C(O)NC(=O)CN1Cc2c(NCc3cc(OCCO)ccc3F)cccc2C1=O. The van der Waals surface area contributed by atoms with Crippen LogP contribution in [0.3, 0.4) is 0 Å².